The molecule has 4 heteroatoms. The Labute approximate surface area is 150 Å². The molecule has 0 radical (unpaired) electrons. The van der Waals surface area contributed by atoms with Crippen LogP contribution >= 0.6 is 0 Å². The Hall–Kier alpha value is -2.49. The molecule has 2 aromatic carbocycles. The topological polar surface area (TPSA) is 49.8 Å². The maximum Gasteiger partial charge on any atom is 0.407 e. The van der Waals surface area contributed by atoms with E-state index in [1.165, 1.54) is 4.90 Å². The summed E-state index contributed by atoms with van der Waals surface area (Å²) in [6.45, 7) is 8.20. The summed E-state index contributed by atoms with van der Waals surface area (Å²) < 4.78 is 5.86. The van der Waals surface area contributed by atoms with E-state index >= 15 is 0 Å². The van der Waals surface area contributed by atoms with Crippen molar-refractivity contribution in [1.82, 2.24) is 4.90 Å². The third-order valence-electron chi connectivity index (χ3n) is 4.05. The lowest BCUT2D eigenvalue weighted by Crippen LogP contribution is -2.50. The van der Waals surface area contributed by atoms with Crippen LogP contribution in [0.4, 0.5) is 4.79 Å². The van der Waals surface area contributed by atoms with Crippen molar-refractivity contribution >= 4 is 6.09 Å². The van der Waals surface area contributed by atoms with Crippen molar-refractivity contribution in [3.05, 3.63) is 65.7 Å². The van der Waals surface area contributed by atoms with Crippen LogP contribution in [0.15, 0.2) is 54.6 Å². The normalized spacial score (nSPS) is 12.5. The molecular formula is C21H27NO3. The monoisotopic (exact) mass is 341 g/mol. The molecule has 1 N–H and O–H groups in total. The lowest BCUT2D eigenvalue weighted by Gasteiger charge is -2.38. The summed E-state index contributed by atoms with van der Waals surface area (Å²) in [6, 6.07) is 17.8. The predicted molar refractivity (Wildman–Crippen MR) is 100.0 cm³/mol. The van der Waals surface area contributed by atoms with E-state index in [-0.39, 0.29) is 6.04 Å². The van der Waals surface area contributed by atoms with Gasteiger partial charge in [-0.3, -0.25) is 0 Å². The van der Waals surface area contributed by atoms with Gasteiger partial charge in [0.2, 0.25) is 0 Å². The van der Waals surface area contributed by atoms with E-state index in [4.69, 9.17) is 4.74 Å². The van der Waals surface area contributed by atoms with Gasteiger partial charge in [0.05, 0.1) is 0 Å². The standard InChI is InChI=1S/C21H27NO3/c1-16(22(20(23)24)21(2,3)4)13-18-11-8-12-19(14-18)25-15-17-9-6-5-7-10-17/h5-12,14,16H,13,15H2,1-4H3,(H,23,24). The molecule has 1 atom stereocenters. The van der Waals surface area contributed by atoms with Gasteiger partial charge in [0.25, 0.3) is 0 Å². The number of carbonyl (C=O) groups is 1. The number of carboxylic acid groups (broad SMARTS) is 1. The molecule has 0 saturated heterocycles. The number of amides is 1. The molecule has 134 valence electrons. The number of ether oxygens (including phenoxy) is 1. The smallest absolute Gasteiger partial charge is 0.407 e. The van der Waals surface area contributed by atoms with E-state index in [9.17, 15) is 9.90 Å². The summed E-state index contributed by atoms with van der Waals surface area (Å²) in [6.07, 6.45) is -0.247. The first-order chi connectivity index (χ1) is 11.8. The third-order valence-corrected chi connectivity index (χ3v) is 4.05. The lowest BCUT2D eigenvalue weighted by atomic mass is 9.99. The molecule has 0 aliphatic heterocycles. The summed E-state index contributed by atoms with van der Waals surface area (Å²) in [5, 5.41) is 9.52. The fraction of sp³-hybridized carbons (Fsp3) is 0.381. The number of rotatable bonds is 6. The van der Waals surface area contributed by atoms with Crippen LogP contribution in [0.2, 0.25) is 0 Å². The van der Waals surface area contributed by atoms with E-state index in [0.29, 0.717) is 13.0 Å². The molecule has 1 unspecified atom stereocenters. The van der Waals surface area contributed by atoms with Crippen LogP contribution in [-0.2, 0) is 13.0 Å². The van der Waals surface area contributed by atoms with Crippen LogP contribution in [0.1, 0.15) is 38.8 Å². The Morgan fingerprint density at radius 1 is 1.08 bits per heavy atom. The van der Waals surface area contributed by atoms with Crippen molar-refractivity contribution in [3.8, 4) is 5.75 Å². The van der Waals surface area contributed by atoms with Crippen LogP contribution in [0.5, 0.6) is 5.75 Å². The molecule has 0 bridgehead atoms. The molecule has 0 aliphatic rings. The second-order valence-electron chi connectivity index (χ2n) is 7.30. The zero-order chi connectivity index (χ0) is 18.4. The van der Waals surface area contributed by atoms with Crippen LogP contribution in [0.25, 0.3) is 0 Å². The van der Waals surface area contributed by atoms with Crippen molar-refractivity contribution < 1.29 is 14.6 Å². The molecule has 0 fully saturated rings. The highest BCUT2D eigenvalue weighted by Crippen LogP contribution is 2.22. The zero-order valence-corrected chi connectivity index (χ0v) is 15.4. The fourth-order valence-corrected chi connectivity index (χ4v) is 3.07. The summed E-state index contributed by atoms with van der Waals surface area (Å²) >= 11 is 0. The SMILES string of the molecule is CC(Cc1cccc(OCc2ccccc2)c1)N(C(=O)O)C(C)(C)C. The molecule has 1 amide bonds. The van der Waals surface area contributed by atoms with Gasteiger partial charge in [0.1, 0.15) is 12.4 Å². The number of benzene rings is 2. The Morgan fingerprint density at radius 2 is 1.72 bits per heavy atom. The largest absolute Gasteiger partial charge is 0.489 e. The van der Waals surface area contributed by atoms with Gasteiger partial charge in [-0.1, -0.05) is 42.5 Å². The van der Waals surface area contributed by atoms with Gasteiger partial charge in [-0.15, -0.1) is 0 Å². The molecule has 0 saturated carbocycles. The zero-order valence-electron chi connectivity index (χ0n) is 15.4. The van der Waals surface area contributed by atoms with Crippen molar-refractivity contribution in [2.45, 2.75) is 52.3 Å². The van der Waals surface area contributed by atoms with Crippen LogP contribution < -0.4 is 4.74 Å². The average Bonchev–Trinajstić information content (AvgIpc) is 2.52. The first kappa shape index (κ1) is 18.8. The van der Waals surface area contributed by atoms with E-state index < -0.39 is 11.6 Å². The number of hydrogen-bond donors (Lipinski definition) is 1. The van der Waals surface area contributed by atoms with Gasteiger partial charge in [0.15, 0.2) is 0 Å². The fourth-order valence-electron chi connectivity index (χ4n) is 3.07. The van der Waals surface area contributed by atoms with Crippen LogP contribution in [0, 0.1) is 0 Å². The Balaban J connectivity index is 2.04. The Morgan fingerprint density at radius 3 is 2.32 bits per heavy atom. The van der Waals surface area contributed by atoms with Gasteiger partial charge in [0, 0.05) is 11.6 Å². The molecule has 25 heavy (non-hydrogen) atoms. The van der Waals surface area contributed by atoms with Crippen molar-refractivity contribution in [2.24, 2.45) is 0 Å². The van der Waals surface area contributed by atoms with Crippen LogP contribution in [-0.4, -0.2) is 27.7 Å². The van der Waals surface area contributed by atoms with E-state index in [2.05, 4.69) is 0 Å². The van der Waals surface area contributed by atoms with E-state index in [1.807, 2.05) is 82.3 Å². The summed E-state index contributed by atoms with van der Waals surface area (Å²) in [4.78, 5) is 13.1. The van der Waals surface area contributed by atoms with Gasteiger partial charge in [-0.05, 0) is 57.4 Å². The minimum Gasteiger partial charge on any atom is -0.489 e. The molecular weight excluding hydrogens is 314 g/mol. The molecule has 0 aliphatic carbocycles. The number of nitrogens with zero attached hydrogens (tertiary/aromatic N) is 1. The highest BCUT2D eigenvalue weighted by molar-refractivity contribution is 5.66. The minimum absolute atomic E-state index is 0.123. The maximum atomic E-state index is 11.6. The Kier molecular flexibility index (Phi) is 6.07. The second-order valence-corrected chi connectivity index (χ2v) is 7.30. The molecule has 0 spiro atoms. The average molecular weight is 341 g/mol. The maximum absolute atomic E-state index is 11.6. The lowest BCUT2D eigenvalue weighted by molar-refractivity contribution is 0.0755. The van der Waals surface area contributed by atoms with E-state index in [0.717, 1.165) is 16.9 Å². The quantitative estimate of drug-likeness (QED) is 0.806. The predicted octanol–water partition coefficient (Wildman–Crippen LogP) is 4.98. The summed E-state index contributed by atoms with van der Waals surface area (Å²) in [7, 11) is 0. The number of hydrogen-bond acceptors (Lipinski definition) is 2. The van der Waals surface area contributed by atoms with Gasteiger partial charge >= 0.3 is 6.09 Å². The molecule has 0 heterocycles. The highest BCUT2D eigenvalue weighted by Gasteiger charge is 2.30. The van der Waals surface area contributed by atoms with Crippen molar-refractivity contribution in [2.75, 3.05) is 0 Å². The second kappa shape index (κ2) is 8.06. The Bertz CT molecular complexity index is 692. The molecule has 0 aromatic heterocycles. The molecule has 2 rings (SSSR count). The summed E-state index contributed by atoms with van der Waals surface area (Å²) in [5.74, 6) is 0.797. The first-order valence-corrected chi connectivity index (χ1v) is 8.55. The minimum atomic E-state index is -0.892. The molecule has 4 nitrogen and oxygen atoms in total. The van der Waals surface area contributed by atoms with Gasteiger partial charge in [-0.2, -0.15) is 0 Å². The van der Waals surface area contributed by atoms with Gasteiger partial charge in [-0.25, -0.2) is 4.79 Å². The first-order valence-electron chi connectivity index (χ1n) is 8.55. The van der Waals surface area contributed by atoms with Crippen molar-refractivity contribution in [1.29, 1.82) is 0 Å². The van der Waals surface area contributed by atoms with Crippen LogP contribution in [0.3, 0.4) is 0 Å². The third kappa shape index (κ3) is 5.52. The molecule has 2 aromatic rings. The van der Waals surface area contributed by atoms with Gasteiger partial charge < -0.3 is 14.7 Å². The van der Waals surface area contributed by atoms with Crippen molar-refractivity contribution in [3.63, 3.8) is 0 Å². The van der Waals surface area contributed by atoms with E-state index in [1.54, 1.807) is 0 Å². The summed E-state index contributed by atoms with van der Waals surface area (Å²) in [5.41, 5.74) is 1.74. The highest BCUT2D eigenvalue weighted by atomic mass is 16.5.